The lowest BCUT2D eigenvalue weighted by Gasteiger charge is -2.07. The van der Waals surface area contributed by atoms with Gasteiger partial charge in [0.05, 0.1) is 6.21 Å². The molecule has 6 nitrogen and oxygen atoms in total. The second-order valence-corrected chi connectivity index (χ2v) is 5.70. The highest BCUT2D eigenvalue weighted by atomic mass is 16.3. The second kappa shape index (κ2) is 8.63. The molecule has 130 valence electrons. The van der Waals surface area contributed by atoms with Crippen molar-refractivity contribution < 1.29 is 14.7 Å². The molecule has 0 spiro atoms. The van der Waals surface area contributed by atoms with Gasteiger partial charge in [-0.2, -0.15) is 5.10 Å². The van der Waals surface area contributed by atoms with Crippen LogP contribution in [0.1, 0.15) is 29.5 Å². The third-order valence-corrected chi connectivity index (χ3v) is 3.70. The van der Waals surface area contributed by atoms with Crippen LogP contribution in [0.3, 0.4) is 0 Å². The van der Waals surface area contributed by atoms with Crippen LogP contribution in [-0.4, -0.2) is 23.1 Å². The number of aromatic hydroxyl groups is 1. The molecule has 0 aromatic heterocycles. The first kappa shape index (κ1) is 18.2. The normalized spacial score (nSPS) is 10.6. The minimum atomic E-state index is -0.373. The Morgan fingerprint density at radius 2 is 1.76 bits per heavy atom. The summed E-state index contributed by atoms with van der Waals surface area (Å²) in [5.41, 5.74) is 5.79. The van der Waals surface area contributed by atoms with E-state index in [1.165, 1.54) is 12.3 Å². The van der Waals surface area contributed by atoms with Gasteiger partial charge in [-0.05, 0) is 49.2 Å². The van der Waals surface area contributed by atoms with Gasteiger partial charge in [-0.15, -0.1) is 0 Å². The first-order chi connectivity index (χ1) is 12.0. The van der Waals surface area contributed by atoms with E-state index in [2.05, 4.69) is 15.8 Å². The van der Waals surface area contributed by atoms with E-state index in [0.29, 0.717) is 11.3 Å². The van der Waals surface area contributed by atoms with Gasteiger partial charge in [-0.3, -0.25) is 9.59 Å². The van der Waals surface area contributed by atoms with Gasteiger partial charge >= 0.3 is 0 Å². The van der Waals surface area contributed by atoms with Gasteiger partial charge in [-0.1, -0.05) is 18.2 Å². The number of phenolic OH excluding ortho intramolecular Hbond substituents is 1. The van der Waals surface area contributed by atoms with Crippen molar-refractivity contribution in [3.05, 3.63) is 59.2 Å². The lowest BCUT2D eigenvalue weighted by Crippen LogP contribution is -2.20. The number of amides is 2. The summed E-state index contributed by atoms with van der Waals surface area (Å²) in [5.74, 6) is -0.529. The van der Waals surface area contributed by atoms with Crippen LogP contribution in [0.25, 0.3) is 0 Å². The summed E-state index contributed by atoms with van der Waals surface area (Å²) in [5, 5.41) is 16.1. The molecule has 2 aromatic carbocycles. The van der Waals surface area contributed by atoms with Crippen LogP contribution in [0.2, 0.25) is 0 Å². The summed E-state index contributed by atoms with van der Waals surface area (Å²) in [6.45, 7) is 3.97. The third-order valence-electron chi connectivity index (χ3n) is 3.70. The maximum Gasteiger partial charge on any atom is 0.240 e. The number of carbonyl (C=O) groups excluding carboxylic acids is 2. The molecule has 0 heterocycles. The topological polar surface area (TPSA) is 90.8 Å². The monoisotopic (exact) mass is 339 g/mol. The standard InChI is InChI=1S/C19H21N3O3/c1-13-7-8-16(11-14(13)2)21-18(24)9-10-19(25)22-20-12-15-5-3-4-6-17(15)23/h3-8,11-12,23H,9-10H2,1-2H3,(H,21,24)(H,22,25). The molecule has 0 fully saturated rings. The molecule has 6 heteroatoms. The molecule has 0 atom stereocenters. The van der Waals surface area contributed by atoms with Gasteiger partial charge in [0.1, 0.15) is 5.75 Å². The fraction of sp³-hybridized carbons (Fsp3) is 0.211. The van der Waals surface area contributed by atoms with E-state index in [1.807, 2.05) is 32.0 Å². The fourth-order valence-electron chi connectivity index (χ4n) is 2.10. The largest absolute Gasteiger partial charge is 0.507 e. The number of para-hydroxylation sites is 1. The van der Waals surface area contributed by atoms with E-state index in [-0.39, 0.29) is 30.4 Å². The molecular weight excluding hydrogens is 318 g/mol. The highest BCUT2D eigenvalue weighted by molar-refractivity contribution is 5.93. The average molecular weight is 339 g/mol. The molecular formula is C19H21N3O3. The van der Waals surface area contributed by atoms with Gasteiger partial charge < -0.3 is 10.4 Å². The SMILES string of the molecule is Cc1ccc(NC(=O)CCC(=O)NN=Cc2ccccc2O)cc1C. The summed E-state index contributed by atoms with van der Waals surface area (Å²) < 4.78 is 0. The molecule has 2 aromatic rings. The number of nitrogens with zero attached hydrogens (tertiary/aromatic N) is 1. The number of aryl methyl sites for hydroxylation is 2. The Hall–Kier alpha value is -3.15. The van der Waals surface area contributed by atoms with Crippen molar-refractivity contribution in [1.82, 2.24) is 5.43 Å². The Balaban J connectivity index is 1.76. The first-order valence-corrected chi connectivity index (χ1v) is 7.92. The van der Waals surface area contributed by atoms with E-state index in [9.17, 15) is 14.7 Å². The van der Waals surface area contributed by atoms with Crippen molar-refractivity contribution in [2.45, 2.75) is 26.7 Å². The molecule has 0 saturated heterocycles. The number of phenols is 1. The molecule has 0 aliphatic rings. The van der Waals surface area contributed by atoms with Gasteiger partial charge in [0.15, 0.2) is 0 Å². The maximum atomic E-state index is 11.9. The van der Waals surface area contributed by atoms with Gasteiger partial charge in [0, 0.05) is 24.1 Å². The fourth-order valence-corrected chi connectivity index (χ4v) is 2.10. The highest BCUT2D eigenvalue weighted by Gasteiger charge is 2.07. The first-order valence-electron chi connectivity index (χ1n) is 7.92. The van der Waals surface area contributed by atoms with Gasteiger partial charge in [-0.25, -0.2) is 5.43 Å². The van der Waals surface area contributed by atoms with E-state index in [4.69, 9.17) is 0 Å². The molecule has 0 aliphatic carbocycles. The van der Waals surface area contributed by atoms with Crippen LogP contribution in [0.5, 0.6) is 5.75 Å². The number of hydrogen-bond donors (Lipinski definition) is 3. The van der Waals surface area contributed by atoms with Crippen LogP contribution < -0.4 is 10.7 Å². The van der Waals surface area contributed by atoms with Crippen LogP contribution in [0.4, 0.5) is 5.69 Å². The van der Waals surface area contributed by atoms with Crippen LogP contribution in [0.15, 0.2) is 47.6 Å². The molecule has 0 radical (unpaired) electrons. The zero-order valence-electron chi connectivity index (χ0n) is 14.2. The Morgan fingerprint density at radius 1 is 1.04 bits per heavy atom. The van der Waals surface area contributed by atoms with Crippen molar-refractivity contribution in [1.29, 1.82) is 0 Å². The van der Waals surface area contributed by atoms with E-state index < -0.39 is 0 Å². The Bertz CT molecular complexity index is 800. The quantitative estimate of drug-likeness (QED) is 0.558. The van der Waals surface area contributed by atoms with E-state index in [0.717, 1.165) is 11.1 Å². The molecule has 0 saturated carbocycles. The Morgan fingerprint density at radius 3 is 2.48 bits per heavy atom. The van der Waals surface area contributed by atoms with Crippen LogP contribution in [0, 0.1) is 13.8 Å². The molecule has 0 aliphatic heterocycles. The lowest BCUT2D eigenvalue weighted by atomic mass is 10.1. The second-order valence-electron chi connectivity index (χ2n) is 5.70. The third kappa shape index (κ3) is 5.76. The van der Waals surface area contributed by atoms with Crippen molar-refractivity contribution in [3.8, 4) is 5.75 Å². The van der Waals surface area contributed by atoms with Gasteiger partial charge in [0.25, 0.3) is 0 Å². The molecule has 0 bridgehead atoms. The van der Waals surface area contributed by atoms with Crippen LogP contribution in [-0.2, 0) is 9.59 Å². The number of hydrazone groups is 1. The number of hydrogen-bond acceptors (Lipinski definition) is 4. The summed E-state index contributed by atoms with van der Waals surface area (Å²) in [4.78, 5) is 23.6. The molecule has 2 amide bonds. The smallest absolute Gasteiger partial charge is 0.240 e. The molecule has 25 heavy (non-hydrogen) atoms. The number of carbonyl (C=O) groups is 2. The zero-order valence-corrected chi connectivity index (χ0v) is 14.2. The Labute approximate surface area is 146 Å². The van der Waals surface area contributed by atoms with Crippen molar-refractivity contribution in [3.63, 3.8) is 0 Å². The van der Waals surface area contributed by atoms with Crippen LogP contribution >= 0.6 is 0 Å². The number of benzene rings is 2. The number of rotatable bonds is 6. The van der Waals surface area contributed by atoms with Crippen molar-refractivity contribution >= 4 is 23.7 Å². The van der Waals surface area contributed by atoms with E-state index in [1.54, 1.807) is 18.2 Å². The molecule has 0 unspecified atom stereocenters. The highest BCUT2D eigenvalue weighted by Crippen LogP contribution is 2.14. The minimum Gasteiger partial charge on any atom is -0.507 e. The zero-order chi connectivity index (χ0) is 18.2. The summed E-state index contributed by atoms with van der Waals surface area (Å²) in [7, 11) is 0. The van der Waals surface area contributed by atoms with Gasteiger partial charge in [0.2, 0.25) is 11.8 Å². The molecule has 2 rings (SSSR count). The lowest BCUT2D eigenvalue weighted by molar-refractivity contribution is -0.124. The van der Waals surface area contributed by atoms with Crippen molar-refractivity contribution in [2.75, 3.05) is 5.32 Å². The van der Waals surface area contributed by atoms with E-state index >= 15 is 0 Å². The Kier molecular flexibility index (Phi) is 6.28. The minimum absolute atomic E-state index is 0.0226. The summed E-state index contributed by atoms with van der Waals surface area (Å²) in [6, 6.07) is 12.3. The van der Waals surface area contributed by atoms with Crippen molar-refractivity contribution in [2.24, 2.45) is 5.10 Å². The molecule has 3 N–H and O–H groups in total. The average Bonchev–Trinajstić information content (AvgIpc) is 2.58. The predicted molar refractivity (Wildman–Crippen MR) is 97.6 cm³/mol. The predicted octanol–water partition coefficient (Wildman–Crippen LogP) is 2.88. The maximum absolute atomic E-state index is 11.9. The number of anilines is 1. The number of nitrogens with one attached hydrogen (secondary N) is 2. The summed E-state index contributed by atoms with van der Waals surface area (Å²) >= 11 is 0. The summed E-state index contributed by atoms with van der Waals surface area (Å²) in [6.07, 6.45) is 1.43.